The molecule has 0 radical (unpaired) electrons. The molecule has 0 aromatic heterocycles. The molecule has 1 aliphatic heterocycles. The minimum atomic E-state index is 0.364. The van der Waals surface area contributed by atoms with E-state index in [-0.39, 0.29) is 0 Å². The van der Waals surface area contributed by atoms with E-state index in [1.807, 2.05) is 0 Å². The molecule has 1 saturated heterocycles. The van der Waals surface area contributed by atoms with Crippen LogP contribution in [0, 0.1) is 29.1 Å². The van der Waals surface area contributed by atoms with Crippen LogP contribution < -0.4 is 0 Å². The molecule has 0 amide bonds. The van der Waals surface area contributed by atoms with Crippen molar-refractivity contribution >= 4 is 16.9 Å². The molecule has 3 aliphatic carbocycles. The molecule has 2 heteroatoms. The second kappa shape index (κ2) is 2.66. The highest BCUT2D eigenvalue weighted by atomic mass is 32.2. The van der Waals surface area contributed by atoms with Gasteiger partial charge in [0.05, 0.1) is 0 Å². The Labute approximate surface area is 89.3 Å². The Balaban J connectivity index is 2.03. The fourth-order valence-corrected chi connectivity index (χ4v) is 4.99. The topological polar surface area (TPSA) is 17.1 Å². The van der Waals surface area contributed by atoms with E-state index in [0.29, 0.717) is 34.2 Å². The summed E-state index contributed by atoms with van der Waals surface area (Å²) in [7, 11) is 0. The molecule has 4 rings (SSSR count). The number of carbonyl (C=O) groups excluding carboxylic acids is 1. The number of thioether (sulfide) groups is 1. The molecule has 0 N–H and O–H groups in total. The first kappa shape index (κ1) is 9.02. The second-order valence-corrected chi connectivity index (χ2v) is 6.61. The van der Waals surface area contributed by atoms with Gasteiger partial charge in [0.2, 0.25) is 0 Å². The van der Waals surface area contributed by atoms with E-state index in [9.17, 15) is 4.79 Å². The van der Waals surface area contributed by atoms with Gasteiger partial charge in [-0.25, -0.2) is 0 Å². The standard InChI is InChI=1S/C12H16OS/c1-12(2)5-7-3-4-9(12)8-6-14-11(13)10(7)8/h3-4,7-10H,5-6H2,1-2H3. The first-order valence-electron chi connectivity index (χ1n) is 5.44. The molecule has 2 fully saturated rings. The van der Waals surface area contributed by atoms with Gasteiger partial charge >= 0.3 is 0 Å². The number of carbonyl (C=O) groups is 1. The van der Waals surface area contributed by atoms with Crippen LogP contribution in [0.3, 0.4) is 0 Å². The largest absolute Gasteiger partial charge is 0.287 e. The average Bonchev–Trinajstić information content (AvgIpc) is 2.48. The van der Waals surface area contributed by atoms with Gasteiger partial charge in [0.25, 0.3) is 0 Å². The van der Waals surface area contributed by atoms with Crippen LogP contribution in [-0.2, 0) is 4.79 Å². The Morgan fingerprint density at radius 2 is 2.21 bits per heavy atom. The van der Waals surface area contributed by atoms with Crippen LogP contribution in [0.2, 0.25) is 0 Å². The minimum Gasteiger partial charge on any atom is -0.287 e. The maximum atomic E-state index is 11.7. The second-order valence-electron chi connectivity index (χ2n) is 5.59. The third-order valence-electron chi connectivity index (χ3n) is 4.30. The predicted octanol–water partition coefficient (Wildman–Crippen LogP) is 2.72. The van der Waals surface area contributed by atoms with Crippen molar-refractivity contribution in [2.45, 2.75) is 20.3 Å². The quantitative estimate of drug-likeness (QED) is 0.569. The number of hydrogen-bond acceptors (Lipinski definition) is 2. The highest BCUT2D eigenvalue weighted by molar-refractivity contribution is 8.14. The van der Waals surface area contributed by atoms with E-state index >= 15 is 0 Å². The minimum absolute atomic E-state index is 0.364. The lowest BCUT2D eigenvalue weighted by Gasteiger charge is -2.50. The van der Waals surface area contributed by atoms with Crippen molar-refractivity contribution in [1.82, 2.24) is 0 Å². The molecule has 4 unspecified atom stereocenters. The summed E-state index contributed by atoms with van der Waals surface area (Å²) in [4.78, 5) is 11.7. The molecule has 0 aromatic rings. The van der Waals surface area contributed by atoms with E-state index in [1.165, 1.54) is 6.42 Å². The van der Waals surface area contributed by atoms with Gasteiger partial charge in [-0.15, -0.1) is 0 Å². The van der Waals surface area contributed by atoms with Crippen molar-refractivity contribution in [3.63, 3.8) is 0 Å². The molecule has 1 saturated carbocycles. The summed E-state index contributed by atoms with van der Waals surface area (Å²) in [6.45, 7) is 4.72. The van der Waals surface area contributed by atoms with Gasteiger partial charge in [-0.2, -0.15) is 0 Å². The summed E-state index contributed by atoms with van der Waals surface area (Å²) in [5.41, 5.74) is 0.422. The SMILES string of the molecule is CC1(C)CC2C=CC1C1CSC(=O)C21. The number of hydrogen-bond donors (Lipinski definition) is 0. The molecule has 0 spiro atoms. The fraction of sp³-hybridized carbons (Fsp3) is 0.750. The number of fused-ring (bicyclic) bond motifs is 1. The monoisotopic (exact) mass is 208 g/mol. The van der Waals surface area contributed by atoms with Crippen LogP contribution in [0.4, 0.5) is 0 Å². The van der Waals surface area contributed by atoms with Gasteiger partial charge in [-0.05, 0) is 29.6 Å². The highest BCUT2D eigenvalue weighted by Crippen LogP contribution is 2.58. The van der Waals surface area contributed by atoms with Crippen LogP contribution in [0.5, 0.6) is 0 Å². The van der Waals surface area contributed by atoms with Crippen LogP contribution in [0.15, 0.2) is 12.2 Å². The van der Waals surface area contributed by atoms with Crippen LogP contribution >= 0.6 is 11.8 Å². The van der Waals surface area contributed by atoms with Gasteiger partial charge in [-0.1, -0.05) is 37.8 Å². The van der Waals surface area contributed by atoms with E-state index in [4.69, 9.17) is 0 Å². The van der Waals surface area contributed by atoms with E-state index in [2.05, 4.69) is 26.0 Å². The van der Waals surface area contributed by atoms with Crippen molar-refractivity contribution in [3.05, 3.63) is 12.2 Å². The Kier molecular flexibility index (Phi) is 1.71. The van der Waals surface area contributed by atoms with Crippen molar-refractivity contribution in [1.29, 1.82) is 0 Å². The predicted molar refractivity (Wildman–Crippen MR) is 59.0 cm³/mol. The first-order chi connectivity index (χ1) is 6.59. The zero-order valence-corrected chi connectivity index (χ0v) is 9.51. The third kappa shape index (κ3) is 1.01. The average molecular weight is 208 g/mol. The summed E-state index contributed by atoms with van der Waals surface area (Å²) < 4.78 is 0. The van der Waals surface area contributed by atoms with Crippen molar-refractivity contribution in [2.75, 3.05) is 5.75 Å². The van der Waals surface area contributed by atoms with Gasteiger partial charge < -0.3 is 0 Å². The molecule has 0 aromatic carbocycles. The molecule has 1 nitrogen and oxygen atoms in total. The molecule has 14 heavy (non-hydrogen) atoms. The number of rotatable bonds is 0. The summed E-state index contributed by atoms with van der Waals surface area (Å²) in [5, 5.41) is 0.463. The Bertz CT molecular complexity index is 318. The van der Waals surface area contributed by atoms with Crippen LogP contribution in [0.1, 0.15) is 20.3 Å². The third-order valence-corrected chi connectivity index (χ3v) is 5.41. The van der Waals surface area contributed by atoms with Gasteiger partial charge in [0.15, 0.2) is 5.12 Å². The molecule has 4 atom stereocenters. The Morgan fingerprint density at radius 3 is 2.93 bits per heavy atom. The first-order valence-corrected chi connectivity index (χ1v) is 6.43. The van der Waals surface area contributed by atoms with E-state index in [0.717, 1.165) is 5.75 Å². The van der Waals surface area contributed by atoms with E-state index < -0.39 is 0 Å². The van der Waals surface area contributed by atoms with Gasteiger partial charge in [0, 0.05) is 11.7 Å². The lowest BCUT2D eigenvalue weighted by molar-refractivity contribution is -0.119. The normalized spacial score (nSPS) is 48.3. The van der Waals surface area contributed by atoms with Crippen LogP contribution in [0.25, 0.3) is 0 Å². The zero-order chi connectivity index (χ0) is 9.92. The molecular weight excluding hydrogens is 192 g/mol. The smallest absolute Gasteiger partial charge is 0.192 e. The maximum Gasteiger partial charge on any atom is 0.192 e. The lowest BCUT2D eigenvalue weighted by atomic mass is 9.53. The molecule has 76 valence electrons. The summed E-state index contributed by atoms with van der Waals surface area (Å²) in [6.07, 6.45) is 5.90. The summed E-state index contributed by atoms with van der Waals surface area (Å²) in [6, 6.07) is 0. The molecular formula is C12H16OS. The summed E-state index contributed by atoms with van der Waals surface area (Å²) in [5.74, 6) is 3.27. The maximum absolute atomic E-state index is 11.7. The van der Waals surface area contributed by atoms with E-state index in [1.54, 1.807) is 11.8 Å². The number of allylic oxidation sites excluding steroid dienone is 2. The van der Waals surface area contributed by atoms with Gasteiger partial charge in [-0.3, -0.25) is 4.79 Å². The zero-order valence-electron chi connectivity index (χ0n) is 8.69. The molecule has 2 bridgehead atoms. The molecule has 1 heterocycles. The highest BCUT2D eigenvalue weighted by Gasteiger charge is 2.54. The fourth-order valence-electron chi connectivity index (χ4n) is 3.68. The van der Waals surface area contributed by atoms with Crippen LogP contribution in [-0.4, -0.2) is 10.9 Å². The lowest BCUT2D eigenvalue weighted by Crippen LogP contribution is -2.46. The summed E-state index contributed by atoms with van der Waals surface area (Å²) >= 11 is 1.57. The molecule has 4 aliphatic rings. The van der Waals surface area contributed by atoms with Crippen molar-refractivity contribution < 1.29 is 4.79 Å². The van der Waals surface area contributed by atoms with Crippen molar-refractivity contribution in [3.8, 4) is 0 Å². The Morgan fingerprint density at radius 1 is 1.43 bits per heavy atom. The Hall–Kier alpha value is -0.240. The van der Waals surface area contributed by atoms with Crippen molar-refractivity contribution in [2.24, 2.45) is 29.1 Å². The van der Waals surface area contributed by atoms with Gasteiger partial charge in [0.1, 0.15) is 0 Å².